The number of fused-ring (bicyclic) bond motifs is 2. The van der Waals surface area contributed by atoms with Crippen molar-refractivity contribution in [2.45, 2.75) is 80.6 Å². The summed E-state index contributed by atoms with van der Waals surface area (Å²) in [5, 5.41) is 0. The Labute approximate surface area is 289 Å². The normalized spacial score (nSPS) is 11.5. The number of carbonyl (C=O) groups excluding carboxylic acids is 4. The fourth-order valence-electron chi connectivity index (χ4n) is 3.75. The van der Waals surface area contributed by atoms with E-state index < -0.39 is 0 Å². The fourth-order valence-corrected chi connectivity index (χ4v) is 3.75. The van der Waals surface area contributed by atoms with Gasteiger partial charge in [-0.25, -0.2) is 0 Å². The molecule has 2 aliphatic rings. The van der Waals surface area contributed by atoms with E-state index in [0.717, 1.165) is 11.3 Å². The van der Waals surface area contributed by atoms with Crippen molar-refractivity contribution in [2.75, 3.05) is 13.6 Å². The highest BCUT2D eigenvalue weighted by Crippen LogP contribution is 2.22. The first-order valence-corrected chi connectivity index (χ1v) is 17.1. The van der Waals surface area contributed by atoms with E-state index in [0.29, 0.717) is 28.8 Å². The van der Waals surface area contributed by atoms with Gasteiger partial charge in [-0.15, -0.1) is 0 Å². The van der Waals surface area contributed by atoms with Gasteiger partial charge in [0.1, 0.15) is 0 Å². The lowest BCUT2D eigenvalue weighted by atomic mass is 10.1. The molecule has 0 aromatic heterocycles. The third-order valence-electron chi connectivity index (χ3n) is 6.16. The van der Waals surface area contributed by atoms with Crippen molar-refractivity contribution in [3.63, 3.8) is 0 Å². The van der Waals surface area contributed by atoms with Crippen LogP contribution < -0.4 is 0 Å². The lowest BCUT2D eigenvalue weighted by molar-refractivity contribution is 0.0649. The van der Waals surface area contributed by atoms with Crippen LogP contribution in [0, 0.1) is 0 Å². The highest BCUT2D eigenvalue weighted by atomic mass is 16.2. The van der Waals surface area contributed by atoms with E-state index in [2.05, 4.69) is 41.5 Å². The van der Waals surface area contributed by atoms with E-state index in [1.807, 2.05) is 79.7 Å². The molecule has 0 saturated carbocycles. The van der Waals surface area contributed by atoms with Gasteiger partial charge in [0.2, 0.25) is 0 Å². The van der Waals surface area contributed by atoms with Gasteiger partial charge in [-0.3, -0.25) is 29.0 Å². The van der Waals surface area contributed by atoms with E-state index in [9.17, 15) is 19.2 Å². The van der Waals surface area contributed by atoms with Crippen molar-refractivity contribution in [1.29, 1.82) is 0 Å². The molecule has 2 aliphatic heterocycles. The first-order valence-electron chi connectivity index (χ1n) is 17.1. The summed E-state index contributed by atoms with van der Waals surface area (Å²) in [7, 11) is 1.49. The third kappa shape index (κ3) is 15.6. The molecule has 4 amide bonds. The summed E-state index contributed by atoms with van der Waals surface area (Å²) < 4.78 is 0. The SMILES string of the molecule is CCC.CCC.CCCC.CCCN1C(=O)c2ccccc2C1=O.CN1C(=O)c2ccccc2C1=O.c1ccccc1.c1ccccc1. The molecule has 258 valence electrons. The molecule has 0 bridgehead atoms. The molecule has 2 heterocycles. The number of hydrogen-bond donors (Lipinski definition) is 0. The summed E-state index contributed by atoms with van der Waals surface area (Å²) in [6.07, 6.45) is 5.94. The average Bonchev–Trinajstić information content (AvgIpc) is 3.51. The van der Waals surface area contributed by atoms with Crippen LogP contribution in [0.2, 0.25) is 0 Å². The van der Waals surface area contributed by atoms with Gasteiger partial charge in [0.15, 0.2) is 0 Å². The van der Waals surface area contributed by atoms with E-state index in [1.165, 1.54) is 37.6 Å². The van der Waals surface area contributed by atoms with Gasteiger partial charge in [0, 0.05) is 13.6 Å². The monoisotopic (exact) mass is 652 g/mol. The third-order valence-corrected chi connectivity index (χ3v) is 6.16. The van der Waals surface area contributed by atoms with Gasteiger partial charge in [0.05, 0.1) is 22.3 Å². The number of imide groups is 2. The predicted octanol–water partition coefficient (Wildman–Crippen LogP) is 10.6. The molecule has 0 N–H and O–H groups in total. The van der Waals surface area contributed by atoms with Crippen LogP contribution in [0.25, 0.3) is 0 Å². The molecular weight excluding hydrogens is 596 g/mol. The van der Waals surface area contributed by atoms with Gasteiger partial charge in [-0.2, -0.15) is 0 Å². The van der Waals surface area contributed by atoms with Crippen LogP contribution in [0.1, 0.15) is 122 Å². The minimum atomic E-state index is -0.212. The molecule has 4 aromatic rings. The zero-order valence-corrected chi connectivity index (χ0v) is 30.3. The number of carbonyl (C=O) groups is 4. The summed E-state index contributed by atoms with van der Waals surface area (Å²) in [5.74, 6) is -0.744. The maximum Gasteiger partial charge on any atom is 0.261 e. The molecule has 0 saturated heterocycles. The zero-order chi connectivity index (χ0) is 36.2. The first kappa shape index (κ1) is 43.2. The number of benzene rings is 4. The Morgan fingerprint density at radius 3 is 0.812 bits per heavy atom. The number of hydrogen-bond acceptors (Lipinski definition) is 4. The summed E-state index contributed by atoms with van der Waals surface area (Å²) in [5.41, 5.74) is 2.08. The Kier molecular flexibility index (Phi) is 24.5. The minimum Gasteiger partial charge on any atom is -0.277 e. The molecule has 0 atom stereocenters. The molecular formula is C42H56N2O4. The van der Waals surface area contributed by atoms with Crippen LogP contribution in [0.3, 0.4) is 0 Å². The van der Waals surface area contributed by atoms with Crippen molar-refractivity contribution in [1.82, 2.24) is 9.80 Å². The van der Waals surface area contributed by atoms with Gasteiger partial charge < -0.3 is 0 Å². The number of amides is 4. The van der Waals surface area contributed by atoms with Crippen LogP contribution in [-0.4, -0.2) is 47.0 Å². The van der Waals surface area contributed by atoms with Crippen LogP contribution in [0.4, 0.5) is 0 Å². The quantitative estimate of drug-likeness (QED) is 0.206. The van der Waals surface area contributed by atoms with E-state index in [1.54, 1.807) is 48.5 Å². The summed E-state index contributed by atoms with van der Waals surface area (Å²) >= 11 is 0. The van der Waals surface area contributed by atoms with E-state index in [4.69, 9.17) is 0 Å². The molecule has 0 spiro atoms. The smallest absolute Gasteiger partial charge is 0.261 e. The van der Waals surface area contributed by atoms with Crippen LogP contribution in [-0.2, 0) is 0 Å². The van der Waals surface area contributed by atoms with Crippen molar-refractivity contribution in [2.24, 2.45) is 0 Å². The maximum atomic E-state index is 11.7. The molecule has 6 heteroatoms. The van der Waals surface area contributed by atoms with Crippen molar-refractivity contribution in [3.8, 4) is 0 Å². The molecule has 0 radical (unpaired) electrons. The Bertz CT molecular complexity index is 1280. The molecule has 4 aromatic carbocycles. The highest BCUT2D eigenvalue weighted by molar-refractivity contribution is 6.21. The Morgan fingerprint density at radius 2 is 0.604 bits per heavy atom. The molecule has 6 rings (SSSR count). The Hall–Kier alpha value is -4.84. The largest absolute Gasteiger partial charge is 0.277 e. The van der Waals surface area contributed by atoms with Gasteiger partial charge in [0.25, 0.3) is 23.6 Å². The summed E-state index contributed by atoms with van der Waals surface area (Å²) in [6, 6.07) is 37.8. The lowest BCUT2D eigenvalue weighted by Crippen LogP contribution is -2.30. The second kappa shape index (κ2) is 27.3. The zero-order valence-electron chi connectivity index (χ0n) is 30.3. The van der Waals surface area contributed by atoms with Crippen LogP contribution in [0.5, 0.6) is 0 Å². The van der Waals surface area contributed by atoms with Crippen molar-refractivity contribution in [3.05, 3.63) is 144 Å². The maximum absolute atomic E-state index is 11.7. The number of nitrogens with zero attached hydrogens (tertiary/aromatic N) is 2. The Balaban J connectivity index is 0.000000585. The van der Waals surface area contributed by atoms with Crippen molar-refractivity contribution < 1.29 is 19.2 Å². The molecule has 6 nitrogen and oxygen atoms in total. The topological polar surface area (TPSA) is 74.8 Å². The van der Waals surface area contributed by atoms with Gasteiger partial charge in [-0.05, 0) is 30.7 Å². The average molecular weight is 653 g/mol. The molecule has 0 aliphatic carbocycles. The van der Waals surface area contributed by atoms with E-state index >= 15 is 0 Å². The minimum absolute atomic E-state index is 0.160. The standard InChI is InChI=1S/C11H11NO2.C9H7NO2.2C6H6.C4H10.2C3H8/c1-2-7-12-10(13)8-5-3-4-6-9(8)11(12)14;1-10-8(11)6-4-2-3-5-7(6)9(10)12;2*1-2-4-6-5-3-1;1-3-4-2;2*1-3-2/h3-6H,2,7H2,1H3;2-5H,1H3;2*1-6H;3-4H2,1-2H3;2*3H2,1-2H3. The van der Waals surface area contributed by atoms with Gasteiger partial charge in [-0.1, -0.05) is 171 Å². The summed E-state index contributed by atoms with van der Waals surface area (Å²) in [4.78, 5) is 48.5. The Morgan fingerprint density at radius 1 is 0.375 bits per heavy atom. The molecule has 0 unspecified atom stereocenters. The van der Waals surface area contributed by atoms with Crippen LogP contribution >= 0.6 is 0 Å². The first-order chi connectivity index (χ1) is 23.2. The highest BCUT2D eigenvalue weighted by Gasteiger charge is 2.34. The number of rotatable bonds is 3. The lowest BCUT2D eigenvalue weighted by Gasteiger charge is -2.11. The van der Waals surface area contributed by atoms with Gasteiger partial charge >= 0.3 is 0 Å². The molecule has 0 fully saturated rings. The van der Waals surface area contributed by atoms with Crippen LogP contribution in [0.15, 0.2) is 121 Å². The van der Waals surface area contributed by atoms with E-state index in [-0.39, 0.29) is 23.6 Å². The molecule has 48 heavy (non-hydrogen) atoms. The predicted molar refractivity (Wildman–Crippen MR) is 200 cm³/mol. The second-order valence-electron chi connectivity index (χ2n) is 10.7. The fraction of sp³-hybridized carbons (Fsp3) is 0.333. The van der Waals surface area contributed by atoms with Crippen molar-refractivity contribution >= 4 is 23.6 Å². The number of unbranched alkanes of at least 4 members (excludes halogenated alkanes) is 1. The summed E-state index contributed by atoms with van der Waals surface area (Å²) in [6.45, 7) is 15.3. The second-order valence-corrected chi connectivity index (χ2v) is 10.7.